The first-order valence-electron chi connectivity index (χ1n) is 5.70. The molecule has 0 spiro atoms. The third kappa shape index (κ3) is 5.08. The fourth-order valence-corrected chi connectivity index (χ4v) is 5.18. The van der Waals surface area contributed by atoms with Crippen molar-refractivity contribution in [1.29, 1.82) is 0 Å². The average Bonchev–Trinajstić information content (AvgIpc) is 2.45. The van der Waals surface area contributed by atoms with E-state index in [2.05, 4.69) is 82.8 Å². The Morgan fingerprint density at radius 3 is 1.33 bits per heavy atom. The third-order valence-electron chi connectivity index (χ3n) is 2.29. The third-order valence-corrected chi connectivity index (χ3v) is 7.19. The van der Waals surface area contributed by atoms with Crippen molar-refractivity contribution in [3.05, 3.63) is 81.7 Å². The van der Waals surface area contributed by atoms with Crippen LogP contribution < -0.4 is 0 Å². The molecular weight excluding hydrogens is 350 g/mol. The van der Waals surface area contributed by atoms with E-state index in [9.17, 15) is 0 Å². The van der Waals surface area contributed by atoms with Crippen LogP contribution in [0.15, 0.2) is 70.6 Å². The molecule has 0 fully saturated rings. The quantitative estimate of drug-likeness (QED) is 0.561. The fourth-order valence-electron chi connectivity index (χ4n) is 1.41. The number of hydrogen-bond acceptors (Lipinski definition) is 0. The van der Waals surface area contributed by atoms with Gasteiger partial charge in [0.2, 0.25) is 0 Å². The van der Waals surface area contributed by atoms with E-state index in [0.717, 1.165) is 0 Å². The summed E-state index contributed by atoms with van der Waals surface area (Å²) < 4.78 is 0. The number of rotatable bonds is 5. The van der Waals surface area contributed by atoms with E-state index < -0.39 is 0 Å². The molecule has 0 aliphatic carbocycles. The summed E-state index contributed by atoms with van der Waals surface area (Å²) in [5, 5.41) is 0. The van der Waals surface area contributed by atoms with Crippen molar-refractivity contribution in [1.82, 2.24) is 0 Å². The van der Waals surface area contributed by atoms with Crippen LogP contribution in [-0.2, 0) is 0 Å². The van der Waals surface area contributed by atoms with Crippen molar-refractivity contribution in [2.75, 3.05) is 0 Å². The van der Waals surface area contributed by atoms with E-state index in [1.807, 2.05) is 0 Å². The molecule has 0 heterocycles. The summed E-state index contributed by atoms with van der Waals surface area (Å²) in [5.41, 5.74) is 2.59. The molecule has 0 nitrogen and oxygen atoms in total. The Morgan fingerprint density at radius 2 is 0.944 bits per heavy atom. The topological polar surface area (TPSA) is 0 Å². The maximum absolute atomic E-state index is 2.32. The average molecular weight is 364 g/mol. The van der Waals surface area contributed by atoms with Gasteiger partial charge in [-0.3, -0.25) is 0 Å². The van der Waals surface area contributed by atoms with E-state index in [1.54, 1.807) is 0 Å². The molecule has 0 aliphatic rings. The molecule has 0 aliphatic heterocycles. The molecule has 0 radical (unpaired) electrons. The second-order valence-electron chi connectivity index (χ2n) is 3.62. The molecule has 0 amide bonds. The van der Waals surface area contributed by atoms with E-state index in [-0.39, 0.29) is 0 Å². The normalized spacial score (nSPS) is 11.3. The Bertz CT molecular complexity index is 452. The minimum atomic E-state index is 0.605. The summed E-state index contributed by atoms with van der Waals surface area (Å²) in [6, 6.07) is 21.0. The first-order chi connectivity index (χ1) is 8.95. The second kappa shape index (κ2) is 8.13. The van der Waals surface area contributed by atoms with Gasteiger partial charge in [-0.2, -0.15) is 0 Å². The van der Waals surface area contributed by atoms with Crippen molar-refractivity contribution in [2.24, 2.45) is 0 Å². The number of hydrogen-bond donors (Lipinski definition) is 0. The first kappa shape index (κ1) is 13.4. The van der Waals surface area contributed by atoms with Gasteiger partial charge in [-0.05, 0) is 0 Å². The van der Waals surface area contributed by atoms with E-state index in [0.29, 0.717) is 26.3 Å². The molecule has 0 atom stereocenters. The Kier molecular flexibility index (Phi) is 6.05. The van der Waals surface area contributed by atoms with Gasteiger partial charge in [-0.15, -0.1) is 0 Å². The van der Waals surface area contributed by atoms with Gasteiger partial charge in [-0.25, -0.2) is 0 Å². The number of benzene rings is 2. The van der Waals surface area contributed by atoms with Gasteiger partial charge in [0, 0.05) is 0 Å². The van der Waals surface area contributed by atoms with Gasteiger partial charge in [0.1, 0.15) is 0 Å². The van der Waals surface area contributed by atoms with Crippen LogP contribution in [0.25, 0.3) is 12.2 Å². The first-order valence-corrected chi connectivity index (χ1v) is 12.0. The predicted octanol–water partition coefficient (Wildman–Crippen LogP) is 3.65. The van der Waals surface area contributed by atoms with E-state index in [1.165, 1.54) is 11.1 Å². The van der Waals surface area contributed by atoms with Gasteiger partial charge in [0.05, 0.1) is 0 Å². The maximum atomic E-state index is 2.32. The van der Waals surface area contributed by atoms with Crippen LogP contribution in [0.5, 0.6) is 0 Å². The molecule has 90 valence electrons. The molecule has 0 saturated heterocycles. The van der Waals surface area contributed by atoms with E-state index in [4.69, 9.17) is 0 Å². The van der Waals surface area contributed by atoms with Crippen LogP contribution in [0.1, 0.15) is 11.1 Å². The molecule has 0 N–H and O–H groups in total. The van der Waals surface area contributed by atoms with E-state index >= 15 is 0 Å². The van der Waals surface area contributed by atoms with Gasteiger partial charge in [0.15, 0.2) is 0 Å². The standard InChI is InChI=1S/C16H14Se2/c1-3-7-15(8-4-1)11-13-17-18-14-12-16-9-5-2-6-10-16/h1-14H. The summed E-state index contributed by atoms with van der Waals surface area (Å²) in [5.74, 6) is 0. The fraction of sp³-hybridized carbons (Fsp3) is 0. The Hall–Kier alpha value is -1.04. The Labute approximate surface area is 120 Å². The molecule has 0 bridgehead atoms. The zero-order valence-corrected chi connectivity index (χ0v) is 13.3. The van der Waals surface area contributed by atoms with Gasteiger partial charge >= 0.3 is 120 Å². The molecule has 0 unspecified atom stereocenters. The molecule has 0 saturated carbocycles. The molecule has 2 aromatic rings. The van der Waals surface area contributed by atoms with Crippen LogP contribution in [-0.4, -0.2) is 26.3 Å². The van der Waals surface area contributed by atoms with Crippen LogP contribution in [0.2, 0.25) is 0 Å². The summed E-state index contributed by atoms with van der Waals surface area (Å²) in [6.07, 6.45) is 4.44. The van der Waals surface area contributed by atoms with Crippen LogP contribution in [0.4, 0.5) is 0 Å². The van der Waals surface area contributed by atoms with Crippen LogP contribution in [0, 0.1) is 0 Å². The Balaban J connectivity index is 1.73. The zero-order chi connectivity index (χ0) is 12.5. The van der Waals surface area contributed by atoms with Crippen molar-refractivity contribution in [3.8, 4) is 0 Å². The van der Waals surface area contributed by atoms with Crippen molar-refractivity contribution < 1.29 is 0 Å². The summed E-state index contributed by atoms with van der Waals surface area (Å²) >= 11 is 1.21. The summed E-state index contributed by atoms with van der Waals surface area (Å²) in [7, 11) is 0. The van der Waals surface area contributed by atoms with Crippen LogP contribution >= 0.6 is 0 Å². The van der Waals surface area contributed by atoms with Crippen LogP contribution in [0.3, 0.4) is 0 Å². The molecule has 0 aromatic heterocycles. The molecule has 18 heavy (non-hydrogen) atoms. The van der Waals surface area contributed by atoms with Gasteiger partial charge < -0.3 is 0 Å². The van der Waals surface area contributed by atoms with Gasteiger partial charge in [0.25, 0.3) is 0 Å². The summed E-state index contributed by atoms with van der Waals surface area (Å²) in [6.45, 7) is 0. The Morgan fingerprint density at radius 1 is 0.556 bits per heavy atom. The monoisotopic (exact) mass is 366 g/mol. The summed E-state index contributed by atoms with van der Waals surface area (Å²) in [4.78, 5) is 4.63. The molecule has 2 rings (SSSR count). The van der Waals surface area contributed by atoms with Crippen molar-refractivity contribution >= 4 is 38.4 Å². The molecular formula is C16H14Se2. The molecule has 2 aromatic carbocycles. The van der Waals surface area contributed by atoms with Crippen molar-refractivity contribution in [3.63, 3.8) is 0 Å². The zero-order valence-electron chi connectivity index (χ0n) is 9.90. The SMILES string of the molecule is C(=Cc1ccccc1)[Se][Se]C=Cc1ccccc1. The minimum absolute atomic E-state index is 0.605. The molecule has 2 heteroatoms. The second-order valence-corrected chi connectivity index (χ2v) is 9.77. The van der Waals surface area contributed by atoms with Crippen molar-refractivity contribution in [2.45, 2.75) is 0 Å². The van der Waals surface area contributed by atoms with Gasteiger partial charge in [-0.1, -0.05) is 0 Å². The predicted molar refractivity (Wildman–Crippen MR) is 82.5 cm³/mol.